The highest BCUT2D eigenvalue weighted by atomic mass is 35.5. The maximum absolute atomic E-state index is 12.5. The highest BCUT2D eigenvalue weighted by Crippen LogP contribution is 2.30. The number of rotatable bonds is 4. The van der Waals surface area contributed by atoms with Crippen molar-refractivity contribution in [1.29, 1.82) is 0 Å². The van der Waals surface area contributed by atoms with Crippen molar-refractivity contribution in [2.75, 3.05) is 5.32 Å². The first kappa shape index (κ1) is 24.5. The minimum absolute atomic E-state index is 0.137. The molecule has 1 aliphatic carbocycles. The number of amides is 2. The van der Waals surface area contributed by atoms with E-state index in [0.29, 0.717) is 22.0 Å². The molecule has 0 radical (unpaired) electrons. The molecule has 5 nitrogen and oxygen atoms in total. The minimum Gasteiger partial charge on any atom is -0.366 e. The Bertz CT molecular complexity index is 1350. The lowest BCUT2D eigenvalue weighted by Gasteiger charge is -2.10. The largest absolute Gasteiger partial charge is 0.366 e. The van der Waals surface area contributed by atoms with Gasteiger partial charge in [-0.15, -0.1) is 0 Å². The van der Waals surface area contributed by atoms with Crippen LogP contribution in [0.25, 0.3) is 11.3 Å². The number of primary amides is 1. The predicted octanol–water partition coefficient (Wildman–Crippen LogP) is 6.58. The average Bonchev–Trinajstić information content (AvgIpc) is 3.35. The van der Waals surface area contributed by atoms with Gasteiger partial charge in [-0.2, -0.15) is 0 Å². The first-order valence-corrected chi connectivity index (χ1v) is 11.9. The zero-order valence-corrected chi connectivity index (χ0v) is 20.3. The molecule has 1 aliphatic rings. The molecule has 1 aromatic heterocycles. The third kappa shape index (κ3) is 6.07. The Labute approximate surface area is 213 Å². The summed E-state index contributed by atoms with van der Waals surface area (Å²) in [7, 11) is 0. The normalized spacial score (nSPS) is 11.7. The maximum Gasteiger partial charge on any atom is 0.257 e. The number of benzene rings is 3. The summed E-state index contributed by atoms with van der Waals surface area (Å²) in [6.45, 7) is 0. The summed E-state index contributed by atoms with van der Waals surface area (Å²) in [6.07, 6.45) is 5.63. The van der Waals surface area contributed by atoms with E-state index in [1.54, 1.807) is 41.6 Å². The van der Waals surface area contributed by atoms with Crippen LogP contribution in [0.15, 0.2) is 85.1 Å². The number of halogens is 2. The summed E-state index contributed by atoms with van der Waals surface area (Å²) in [5.41, 5.74) is 10.7. The molecule has 0 atom stereocenters. The second kappa shape index (κ2) is 11.2. The van der Waals surface area contributed by atoms with Gasteiger partial charge < -0.3 is 11.1 Å². The summed E-state index contributed by atoms with van der Waals surface area (Å²) in [5.74, 6) is -1.03. The molecule has 0 fully saturated rings. The molecule has 2 amide bonds. The third-order valence-corrected chi connectivity index (χ3v) is 6.32. The van der Waals surface area contributed by atoms with Crippen molar-refractivity contribution in [1.82, 2.24) is 4.98 Å². The molecule has 176 valence electrons. The Morgan fingerprint density at radius 3 is 2.17 bits per heavy atom. The van der Waals surface area contributed by atoms with Crippen molar-refractivity contribution >= 4 is 40.7 Å². The quantitative estimate of drug-likeness (QED) is 0.329. The first-order valence-electron chi connectivity index (χ1n) is 11.1. The summed E-state index contributed by atoms with van der Waals surface area (Å²) >= 11 is 12.3. The molecule has 0 spiro atoms. The van der Waals surface area contributed by atoms with Gasteiger partial charge in [-0.3, -0.25) is 14.6 Å². The number of nitrogens with two attached hydrogens (primary N) is 1. The van der Waals surface area contributed by atoms with Crippen LogP contribution in [0.5, 0.6) is 0 Å². The molecule has 5 rings (SSSR count). The maximum atomic E-state index is 12.5. The van der Waals surface area contributed by atoms with E-state index in [9.17, 15) is 9.59 Å². The van der Waals surface area contributed by atoms with E-state index in [1.165, 1.54) is 37.5 Å². The van der Waals surface area contributed by atoms with Gasteiger partial charge in [-0.1, -0.05) is 53.5 Å². The Kier molecular flexibility index (Phi) is 7.80. The molecular weight excluding hydrogens is 481 g/mol. The summed E-state index contributed by atoms with van der Waals surface area (Å²) in [5, 5.41) is 3.41. The van der Waals surface area contributed by atoms with Gasteiger partial charge in [-0.05, 0) is 78.9 Å². The number of anilines is 1. The summed E-state index contributed by atoms with van der Waals surface area (Å²) in [4.78, 5) is 27.9. The van der Waals surface area contributed by atoms with Crippen molar-refractivity contribution < 1.29 is 9.59 Å². The lowest BCUT2D eigenvalue weighted by Crippen LogP contribution is -2.15. The monoisotopic (exact) mass is 503 g/mol. The fraction of sp³-hybridized carbons (Fsp3) is 0.107. The van der Waals surface area contributed by atoms with E-state index in [2.05, 4.69) is 34.6 Å². The highest BCUT2D eigenvalue weighted by Gasteiger charge is 2.14. The van der Waals surface area contributed by atoms with Crippen LogP contribution >= 0.6 is 23.2 Å². The van der Waals surface area contributed by atoms with Crippen LogP contribution in [0.2, 0.25) is 10.0 Å². The van der Waals surface area contributed by atoms with Gasteiger partial charge in [0.2, 0.25) is 5.91 Å². The minimum atomic E-state index is -0.614. The first-order chi connectivity index (χ1) is 16.9. The number of aromatic nitrogens is 1. The number of nitrogens with zero attached hydrogens (tertiary/aromatic N) is 1. The SMILES string of the molecule is NC(=O)c1ccc(C(=O)Nc2ccc(Cl)c(-c3ccccn3)c2)c(Cl)c1.c1ccc2c(c1)CCC2. The molecule has 0 saturated heterocycles. The molecule has 0 unspecified atom stereocenters. The van der Waals surface area contributed by atoms with Gasteiger partial charge >= 0.3 is 0 Å². The van der Waals surface area contributed by atoms with Gasteiger partial charge in [0.05, 0.1) is 21.3 Å². The molecule has 0 bridgehead atoms. The molecule has 1 heterocycles. The zero-order chi connectivity index (χ0) is 24.8. The van der Waals surface area contributed by atoms with Crippen molar-refractivity contribution in [2.45, 2.75) is 19.3 Å². The second-order valence-electron chi connectivity index (χ2n) is 8.04. The van der Waals surface area contributed by atoms with Crippen LogP contribution in [0.1, 0.15) is 38.3 Å². The molecule has 0 saturated carbocycles. The zero-order valence-electron chi connectivity index (χ0n) is 18.8. The predicted molar refractivity (Wildman–Crippen MR) is 141 cm³/mol. The average molecular weight is 504 g/mol. The van der Waals surface area contributed by atoms with Crippen LogP contribution in [-0.4, -0.2) is 16.8 Å². The Morgan fingerprint density at radius 1 is 0.829 bits per heavy atom. The molecule has 4 aromatic rings. The lowest BCUT2D eigenvalue weighted by atomic mass is 10.1. The Hall–Kier alpha value is -3.67. The van der Waals surface area contributed by atoms with Crippen LogP contribution < -0.4 is 11.1 Å². The number of hydrogen-bond donors (Lipinski definition) is 2. The number of nitrogens with one attached hydrogen (secondary N) is 1. The molecule has 3 aromatic carbocycles. The topological polar surface area (TPSA) is 85.1 Å². The third-order valence-electron chi connectivity index (χ3n) is 5.67. The number of fused-ring (bicyclic) bond motifs is 1. The second-order valence-corrected chi connectivity index (χ2v) is 8.86. The van der Waals surface area contributed by atoms with Crippen molar-refractivity contribution in [3.8, 4) is 11.3 Å². The highest BCUT2D eigenvalue weighted by molar-refractivity contribution is 6.35. The molecule has 0 aliphatic heterocycles. The van der Waals surface area contributed by atoms with E-state index in [1.807, 2.05) is 12.1 Å². The molecule has 7 heteroatoms. The van der Waals surface area contributed by atoms with Gasteiger partial charge in [0.15, 0.2) is 0 Å². The van der Waals surface area contributed by atoms with Gasteiger partial charge in [0, 0.05) is 23.0 Å². The van der Waals surface area contributed by atoms with Crippen LogP contribution in [0, 0.1) is 0 Å². The number of carbonyl (C=O) groups excluding carboxylic acids is 2. The van der Waals surface area contributed by atoms with E-state index in [4.69, 9.17) is 28.9 Å². The van der Waals surface area contributed by atoms with Crippen molar-refractivity contribution in [3.05, 3.63) is 117 Å². The standard InChI is InChI=1S/C19H13Cl2N3O2.C9H10/c20-15-7-5-12(10-14(15)17-3-1-2-8-23-17)24-19(26)13-6-4-11(18(22)25)9-16(13)21;1-2-5-9-7-3-6-8(9)4-1/h1-10H,(H2,22,25)(H,24,26);1-2,4-5H,3,6-7H2. The Morgan fingerprint density at radius 2 is 1.54 bits per heavy atom. The van der Waals surface area contributed by atoms with Gasteiger partial charge in [0.25, 0.3) is 5.91 Å². The summed E-state index contributed by atoms with van der Waals surface area (Å²) in [6, 6.07) is 23.6. The lowest BCUT2D eigenvalue weighted by molar-refractivity contribution is 0.0995. The molecule has 3 N–H and O–H groups in total. The fourth-order valence-electron chi connectivity index (χ4n) is 3.89. The number of pyridine rings is 1. The smallest absolute Gasteiger partial charge is 0.257 e. The van der Waals surface area contributed by atoms with E-state index in [0.717, 1.165) is 0 Å². The van der Waals surface area contributed by atoms with Crippen LogP contribution in [-0.2, 0) is 12.8 Å². The van der Waals surface area contributed by atoms with E-state index >= 15 is 0 Å². The number of hydrogen-bond acceptors (Lipinski definition) is 3. The van der Waals surface area contributed by atoms with Gasteiger partial charge in [0.1, 0.15) is 0 Å². The van der Waals surface area contributed by atoms with Crippen molar-refractivity contribution in [3.63, 3.8) is 0 Å². The van der Waals surface area contributed by atoms with E-state index in [-0.39, 0.29) is 16.1 Å². The van der Waals surface area contributed by atoms with E-state index < -0.39 is 11.8 Å². The Balaban J connectivity index is 0.000000266. The van der Waals surface area contributed by atoms with Gasteiger partial charge in [-0.25, -0.2) is 0 Å². The fourth-order valence-corrected chi connectivity index (χ4v) is 4.37. The molecule has 35 heavy (non-hydrogen) atoms. The van der Waals surface area contributed by atoms with Crippen LogP contribution in [0.3, 0.4) is 0 Å². The molecular formula is C28H23Cl2N3O2. The van der Waals surface area contributed by atoms with Crippen molar-refractivity contribution in [2.24, 2.45) is 5.73 Å². The van der Waals surface area contributed by atoms with Crippen LogP contribution in [0.4, 0.5) is 5.69 Å². The summed E-state index contributed by atoms with van der Waals surface area (Å²) < 4.78 is 0. The number of aryl methyl sites for hydroxylation is 2. The number of carbonyl (C=O) groups is 2.